The Hall–Kier alpha value is -2.82. The van der Waals surface area contributed by atoms with Gasteiger partial charge in [-0.15, -0.1) is 0 Å². The van der Waals surface area contributed by atoms with E-state index in [0.29, 0.717) is 18.7 Å². The number of para-hydroxylation sites is 1. The molecule has 0 spiro atoms. The molecule has 2 aromatic carbocycles. The van der Waals surface area contributed by atoms with Gasteiger partial charge in [-0.05, 0) is 37.1 Å². The zero-order chi connectivity index (χ0) is 20.1. The van der Waals surface area contributed by atoms with Gasteiger partial charge < -0.3 is 15.1 Å². The van der Waals surface area contributed by atoms with Crippen molar-refractivity contribution in [1.29, 1.82) is 0 Å². The number of nitrogens with one attached hydrogen (secondary N) is 1. The summed E-state index contributed by atoms with van der Waals surface area (Å²) in [5, 5.41) is 2.96. The number of aryl methyl sites for hydroxylation is 1. The standard InChI is InChI=1S/C23H29N3O2/c1-17(2)21(24-22(27)19-9-7-8-18(3)16-19)23(28)26-14-12-25(13-15-26)20-10-5-4-6-11-20/h4-11,16-17,21H,12-15H2,1-3H3,(H,24,27). The first-order valence-corrected chi connectivity index (χ1v) is 9.92. The minimum absolute atomic E-state index is 0.00344. The summed E-state index contributed by atoms with van der Waals surface area (Å²) in [5.74, 6) is -0.171. The fourth-order valence-electron chi connectivity index (χ4n) is 3.54. The van der Waals surface area contributed by atoms with E-state index < -0.39 is 6.04 Å². The summed E-state index contributed by atoms with van der Waals surface area (Å²) in [7, 11) is 0. The monoisotopic (exact) mass is 379 g/mol. The maximum Gasteiger partial charge on any atom is 0.251 e. The van der Waals surface area contributed by atoms with Crippen molar-refractivity contribution in [1.82, 2.24) is 10.2 Å². The summed E-state index contributed by atoms with van der Waals surface area (Å²) >= 11 is 0. The Balaban J connectivity index is 1.63. The number of benzene rings is 2. The van der Waals surface area contributed by atoms with Gasteiger partial charge in [-0.3, -0.25) is 9.59 Å². The number of rotatable bonds is 5. The van der Waals surface area contributed by atoms with Crippen molar-refractivity contribution in [2.45, 2.75) is 26.8 Å². The van der Waals surface area contributed by atoms with E-state index in [1.54, 1.807) is 6.07 Å². The summed E-state index contributed by atoms with van der Waals surface area (Å²) in [6, 6.07) is 17.2. The van der Waals surface area contributed by atoms with E-state index in [-0.39, 0.29) is 17.7 Å². The van der Waals surface area contributed by atoms with Crippen molar-refractivity contribution < 1.29 is 9.59 Å². The van der Waals surface area contributed by atoms with E-state index in [2.05, 4.69) is 22.3 Å². The summed E-state index contributed by atoms with van der Waals surface area (Å²) < 4.78 is 0. The highest BCUT2D eigenvalue weighted by Gasteiger charge is 2.31. The molecule has 0 saturated carbocycles. The van der Waals surface area contributed by atoms with Crippen molar-refractivity contribution in [3.05, 3.63) is 65.7 Å². The first-order valence-electron chi connectivity index (χ1n) is 9.92. The quantitative estimate of drug-likeness (QED) is 0.869. The van der Waals surface area contributed by atoms with Crippen LogP contribution in [-0.2, 0) is 4.79 Å². The minimum Gasteiger partial charge on any atom is -0.368 e. The van der Waals surface area contributed by atoms with Crippen LogP contribution in [-0.4, -0.2) is 48.9 Å². The molecule has 0 aromatic heterocycles. The van der Waals surface area contributed by atoms with E-state index >= 15 is 0 Å². The van der Waals surface area contributed by atoms with Crippen molar-refractivity contribution in [3.63, 3.8) is 0 Å². The number of hydrogen-bond donors (Lipinski definition) is 1. The Morgan fingerprint density at radius 1 is 0.929 bits per heavy atom. The molecule has 1 N–H and O–H groups in total. The Morgan fingerprint density at radius 3 is 2.21 bits per heavy atom. The van der Waals surface area contributed by atoms with Crippen LogP contribution >= 0.6 is 0 Å². The van der Waals surface area contributed by atoms with Gasteiger partial charge in [0.2, 0.25) is 5.91 Å². The van der Waals surface area contributed by atoms with Crippen LogP contribution in [0, 0.1) is 12.8 Å². The SMILES string of the molecule is Cc1cccc(C(=O)NC(C(=O)N2CCN(c3ccccc3)CC2)C(C)C)c1. The molecule has 0 bridgehead atoms. The van der Waals surface area contributed by atoms with Gasteiger partial charge in [-0.2, -0.15) is 0 Å². The molecule has 1 fully saturated rings. The lowest BCUT2D eigenvalue weighted by atomic mass is 10.0. The molecule has 1 saturated heterocycles. The normalized spacial score (nSPS) is 15.4. The lowest BCUT2D eigenvalue weighted by Crippen LogP contribution is -2.56. The third-order valence-electron chi connectivity index (χ3n) is 5.21. The van der Waals surface area contributed by atoms with Gasteiger partial charge in [-0.1, -0.05) is 49.7 Å². The summed E-state index contributed by atoms with van der Waals surface area (Å²) in [4.78, 5) is 29.9. The van der Waals surface area contributed by atoms with Gasteiger partial charge in [0, 0.05) is 37.4 Å². The predicted octanol–water partition coefficient (Wildman–Crippen LogP) is 3.10. The highest BCUT2D eigenvalue weighted by molar-refractivity contribution is 5.97. The number of hydrogen-bond acceptors (Lipinski definition) is 3. The third kappa shape index (κ3) is 4.71. The van der Waals surface area contributed by atoms with E-state index in [0.717, 1.165) is 18.7 Å². The van der Waals surface area contributed by atoms with Gasteiger partial charge in [0.25, 0.3) is 5.91 Å². The fraction of sp³-hybridized carbons (Fsp3) is 0.391. The van der Waals surface area contributed by atoms with Crippen LogP contribution in [0.3, 0.4) is 0 Å². The second kappa shape index (κ2) is 8.91. The molecule has 2 amide bonds. The Morgan fingerprint density at radius 2 is 1.61 bits per heavy atom. The molecule has 5 nitrogen and oxygen atoms in total. The number of amides is 2. The lowest BCUT2D eigenvalue weighted by Gasteiger charge is -2.38. The molecule has 1 aliphatic heterocycles. The third-order valence-corrected chi connectivity index (χ3v) is 5.21. The number of anilines is 1. The second-order valence-corrected chi connectivity index (χ2v) is 7.71. The van der Waals surface area contributed by atoms with Crippen LogP contribution in [0.25, 0.3) is 0 Å². The lowest BCUT2D eigenvalue weighted by molar-refractivity contribution is -0.134. The first-order chi connectivity index (χ1) is 13.5. The smallest absolute Gasteiger partial charge is 0.251 e. The van der Waals surface area contributed by atoms with Crippen molar-refractivity contribution in [2.24, 2.45) is 5.92 Å². The van der Waals surface area contributed by atoms with Crippen LogP contribution in [0.4, 0.5) is 5.69 Å². The minimum atomic E-state index is -0.517. The Kier molecular flexibility index (Phi) is 6.34. The van der Waals surface area contributed by atoms with Gasteiger partial charge in [0.1, 0.15) is 6.04 Å². The maximum absolute atomic E-state index is 13.1. The molecular weight excluding hydrogens is 350 g/mol. The van der Waals surface area contributed by atoms with Gasteiger partial charge in [0.15, 0.2) is 0 Å². The summed E-state index contributed by atoms with van der Waals surface area (Å²) in [6.07, 6.45) is 0. The van der Waals surface area contributed by atoms with Gasteiger partial charge >= 0.3 is 0 Å². The van der Waals surface area contributed by atoms with Gasteiger partial charge in [-0.25, -0.2) is 0 Å². The molecule has 148 valence electrons. The molecular formula is C23H29N3O2. The van der Waals surface area contributed by atoms with Gasteiger partial charge in [0.05, 0.1) is 0 Å². The Labute approximate surface area is 167 Å². The maximum atomic E-state index is 13.1. The molecule has 1 atom stereocenters. The number of carbonyl (C=O) groups excluding carboxylic acids is 2. The second-order valence-electron chi connectivity index (χ2n) is 7.71. The topological polar surface area (TPSA) is 52.7 Å². The average molecular weight is 380 g/mol. The fourth-order valence-corrected chi connectivity index (χ4v) is 3.54. The molecule has 1 heterocycles. The van der Waals surface area contributed by atoms with Crippen LogP contribution in [0.2, 0.25) is 0 Å². The van der Waals surface area contributed by atoms with Crippen LogP contribution in [0.5, 0.6) is 0 Å². The molecule has 28 heavy (non-hydrogen) atoms. The van der Waals surface area contributed by atoms with Crippen molar-refractivity contribution in [3.8, 4) is 0 Å². The van der Waals surface area contributed by atoms with Crippen molar-refractivity contribution >= 4 is 17.5 Å². The molecule has 1 aliphatic rings. The summed E-state index contributed by atoms with van der Waals surface area (Å²) in [5.41, 5.74) is 2.80. The van der Waals surface area contributed by atoms with E-state index in [4.69, 9.17) is 0 Å². The average Bonchev–Trinajstić information content (AvgIpc) is 2.72. The van der Waals surface area contributed by atoms with E-state index in [1.807, 2.05) is 62.1 Å². The molecule has 3 rings (SSSR count). The van der Waals surface area contributed by atoms with Crippen LogP contribution < -0.4 is 10.2 Å². The molecule has 1 unspecified atom stereocenters. The number of piperazine rings is 1. The van der Waals surface area contributed by atoms with Crippen LogP contribution in [0.1, 0.15) is 29.8 Å². The zero-order valence-corrected chi connectivity index (χ0v) is 16.9. The Bertz CT molecular complexity index is 812. The number of nitrogens with zero attached hydrogens (tertiary/aromatic N) is 2. The van der Waals surface area contributed by atoms with Crippen LogP contribution in [0.15, 0.2) is 54.6 Å². The van der Waals surface area contributed by atoms with Crippen molar-refractivity contribution in [2.75, 3.05) is 31.1 Å². The summed E-state index contributed by atoms with van der Waals surface area (Å²) in [6.45, 7) is 8.82. The predicted molar refractivity (Wildman–Crippen MR) is 113 cm³/mol. The molecule has 5 heteroatoms. The van der Waals surface area contributed by atoms with E-state index in [9.17, 15) is 9.59 Å². The first kappa shape index (κ1) is 19.9. The van der Waals surface area contributed by atoms with E-state index in [1.165, 1.54) is 5.69 Å². The molecule has 2 aromatic rings. The highest BCUT2D eigenvalue weighted by atomic mass is 16.2. The molecule has 0 radical (unpaired) electrons. The highest BCUT2D eigenvalue weighted by Crippen LogP contribution is 2.17. The molecule has 0 aliphatic carbocycles. The largest absolute Gasteiger partial charge is 0.368 e. The number of carbonyl (C=O) groups is 2. The zero-order valence-electron chi connectivity index (χ0n) is 16.9.